The summed E-state index contributed by atoms with van der Waals surface area (Å²) in [4.78, 5) is 0. The minimum absolute atomic E-state index is 0.139. The van der Waals surface area contributed by atoms with E-state index in [2.05, 4.69) is 0 Å². The zero-order valence-electron chi connectivity index (χ0n) is 8.53. The molecule has 0 unspecified atom stereocenters. The Bertz CT molecular complexity index is 342. The highest BCUT2D eigenvalue weighted by atomic mass is 35.5. The van der Waals surface area contributed by atoms with Crippen LogP contribution in [0.1, 0.15) is 25.0 Å². The fourth-order valence-corrected chi connectivity index (χ4v) is 1.66. The fourth-order valence-electron chi connectivity index (χ4n) is 1.40. The molecular weight excluding hydrogens is 225 g/mol. The Morgan fingerprint density at radius 1 is 1.20 bits per heavy atom. The third-order valence-corrected chi connectivity index (χ3v) is 2.15. The van der Waals surface area contributed by atoms with Gasteiger partial charge in [-0.2, -0.15) is 13.2 Å². The number of halogens is 4. The molecule has 0 heterocycles. The Morgan fingerprint density at radius 2 is 1.80 bits per heavy atom. The molecule has 15 heavy (non-hydrogen) atoms. The van der Waals surface area contributed by atoms with Gasteiger partial charge < -0.3 is 0 Å². The molecule has 0 aliphatic carbocycles. The largest absolute Gasteiger partial charge is 0.416 e. The van der Waals surface area contributed by atoms with E-state index in [1.807, 2.05) is 13.8 Å². The number of hydrogen-bond acceptors (Lipinski definition) is 0. The quantitative estimate of drug-likeness (QED) is 0.706. The average Bonchev–Trinajstić information content (AvgIpc) is 1.99. The first-order valence-electron chi connectivity index (χ1n) is 4.65. The highest BCUT2D eigenvalue weighted by molar-refractivity contribution is 6.30. The molecule has 84 valence electrons. The van der Waals surface area contributed by atoms with E-state index in [9.17, 15) is 13.2 Å². The lowest BCUT2D eigenvalue weighted by molar-refractivity contribution is -0.137. The van der Waals surface area contributed by atoms with Crippen LogP contribution in [-0.4, -0.2) is 0 Å². The standard InChI is InChI=1S/C11H12ClF3/c1-7(2)3-8-4-9(11(13,14)15)6-10(12)5-8/h4-7H,3H2,1-2H3. The van der Waals surface area contributed by atoms with Gasteiger partial charge in [0, 0.05) is 5.02 Å². The Kier molecular flexibility index (Phi) is 3.66. The van der Waals surface area contributed by atoms with Gasteiger partial charge in [-0.05, 0) is 36.1 Å². The maximum absolute atomic E-state index is 12.4. The van der Waals surface area contributed by atoms with Crippen LogP contribution in [0.2, 0.25) is 5.02 Å². The van der Waals surface area contributed by atoms with Crippen LogP contribution in [0.25, 0.3) is 0 Å². The number of rotatable bonds is 2. The summed E-state index contributed by atoms with van der Waals surface area (Å²) >= 11 is 5.64. The van der Waals surface area contributed by atoms with Crippen LogP contribution in [0, 0.1) is 5.92 Å². The lowest BCUT2D eigenvalue weighted by Gasteiger charge is -2.11. The smallest absolute Gasteiger partial charge is 0.166 e. The molecule has 0 saturated heterocycles. The second kappa shape index (κ2) is 4.44. The second-order valence-electron chi connectivity index (χ2n) is 3.94. The molecule has 0 bridgehead atoms. The van der Waals surface area contributed by atoms with Gasteiger partial charge in [0.05, 0.1) is 5.56 Å². The van der Waals surface area contributed by atoms with Gasteiger partial charge in [0.25, 0.3) is 0 Å². The van der Waals surface area contributed by atoms with E-state index < -0.39 is 11.7 Å². The third-order valence-electron chi connectivity index (χ3n) is 1.93. The molecule has 0 nitrogen and oxygen atoms in total. The van der Waals surface area contributed by atoms with Crippen molar-refractivity contribution in [3.63, 3.8) is 0 Å². The molecule has 1 rings (SSSR count). The minimum atomic E-state index is -4.32. The summed E-state index contributed by atoms with van der Waals surface area (Å²) in [7, 11) is 0. The van der Waals surface area contributed by atoms with Gasteiger partial charge in [-0.25, -0.2) is 0 Å². The van der Waals surface area contributed by atoms with Crippen LogP contribution in [0.3, 0.4) is 0 Å². The van der Waals surface area contributed by atoms with E-state index in [4.69, 9.17) is 11.6 Å². The molecule has 1 aromatic carbocycles. The summed E-state index contributed by atoms with van der Waals surface area (Å²) in [6, 6.07) is 3.69. The summed E-state index contributed by atoms with van der Waals surface area (Å²) < 4.78 is 37.3. The van der Waals surface area contributed by atoms with E-state index >= 15 is 0 Å². The maximum Gasteiger partial charge on any atom is 0.416 e. The zero-order chi connectivity index (χ0) is 11.6. The predicted molar refractivity (Wildman–Crippen MR) is 55.0 cm³/mol. The molecule has 0 atom stereocenters. The van der Waals surface area contributed by atoms with Gasteiger partial charge in [-0.1, -0.05) is 25.4 Å². The maximum atomic E-state index is 12.4. The van der Waals surface area contributed by atoms with Crippen molar-refractivity contribution >= 4 is 11.6 Å². The summed E-state index contributed by atoms with van der Waals surface area (Å²) in [6.45, 7) is 3.91. The molecule has 0 aliphatic heterocycles. The minimum Gasteiger partial charge on any atom is -0.166 e. The van der Waals surface area contributed by atoms with E-state index in [-0.39, 0.29) is 5.02 Å². The summed E-state index contributed by atoms with van der Waals surface area (Å²) in [5.41, 5.74) is -0.0459. The summed E-state index contributed by atoms with van der Waals surface area (Å²) in [5.74, 6) is 0.310. The molecule has 0 aromatic heterocycles. The molecule has 0 N–H and O–H groups in total. The molecule has 0 amide bonds. The van der Waals surface area contributed by atoms with Crippen LogP contribution >= 0.6 is 11.6 Å². The van der Waals surface area contributed by atoms with Crippen LogP contribution in [0.5, 0.6) is 0 Å². The van der Waals surface area contributed by atoms with Gasteiger partial charge in [-0.15, -0.1) is 0 Å². The number of benzene rings is 1. The van der Waals surface area contributed by atoms with Crippen molar-refractivity contribution in [2.45, 2.75) is 26.4 Å². The molecule has 1 aromatic rings. The van der Waals surface area contributed by atoms with Crippen molar-refractivity contribution in [3.05, 3.63) is 34.3 Å². The SMILES string of the molecule is CC(C)Cc1cc(Cl)cc(C(F)(F)F)c1. The highest BCUT2D eigenvalue weighted by Crippen LogP contribution is 2.32. The highest BCUT2D eigenvalue weighted by Gasteiger charge is 2.31. The van der Waals surface area contributed by atoms with Crippen molar-refractivity contribution in [2.24, 2.45) is 5.92 Å². The summed E-state index contributed by atoms with van der Waals surface area (Å²) in [6.07, 6.45) is -3.72. The fraction of sp³-hybridized carbons (Fsp3) is 0.455. The van der Waals surface area contributed by atoms with E-state index in [0.29, 0.717) is 17.9 Å². The van der Waals surface area contributed by atoms with Crippen molar-refractivity contribution in [3.8, 4) is 0 Å². The zero-order valence-corrected chi connectivity index (χ0v) is 9.28. The third kappa shape index (κ3) is 3.74. The first kappa shape index (κ1) is 12.4. The van der Waals surface area contributed by atoms with Gasteiger partial charge in [0.2, 0.25) is 0 Å². The van der Waals surface area contributed by atoms with E-state index in [0.717, 1.165) is 12.1 Å². The Balaban J connectivity index is 3.06. The van der Waals surface area contributed by atoms with Crippen LogP contribution in [-0.2, 0) is 12.6 Å². The van der Waals surface area contributed by atoms with Crippen molar-refractivity contribution in [1.29, 1.82) is 0 Å². The second-order valence-corrected chi connectivity index (χ2v) is 4.38. The van der Waals surface area contributed by atoms with Crippen molar-refractivity contribution < 1.29 is 13.2 Å². The number of alkyl halides is 3. The predicted octanol–water partition coefficient (Wildman–Crippen LogP) is 4.56. The Hall–Kier alpha value is -0.700. The van der Waals surface area contributed by atoms with Gasteiger partial charge in [0.1, 0.15) is 0 Å². The Labute approximate surface area is 92.1 Å². The molecule has 0 aliphatic rings. The average molecular weight is 237 g/mol. The monoisotopic (exact) mass is 236 g/mol. The van der Waals surface area contributed by atoms with Crippen LogP contribution in [0.4, 0.5) is 13.2 Å². The first-order chi connectivity index (χ1) is 6.79. The lowest BCUT2D eigenvalue weighted by Crippen LogP contribution is -2.06. The first-order valence-corrected chi connectivity index (χ1v) is 5.03. The lowest BCUT2D eigenvalue weighted by atomic mass is 10.0. The van der Waals surface area contributed by atoms with E-state index in [1.165, 1.54) is 0 Å². The van der Waals surface area contributed by atoms with Gasteiger partial charge >= 0.3 is 6.18 Å². The van der Waals surface area contributed by atoms with Crippen LogP contribution in [0.15, 0.2) is 18.2 Å². The van der Waals surface area contributed by atoms with Gasteiger partial charge in [0.15, 0.2) is 0 Å². The topological polar surface area (TPSA) is 0 Å². The number of hydrogen-bond donors (Lipinski definition) is 0. The van der Waals surface area contributed by atoms with Crippen molar-refractivity contribution in [1.82, 2.24) is 0 Å². The molecule has 4 heteroatoms. The summed E-state index contributed by atoms with van der Waals surface area (Å²) in [5, 5.41) is 0.139. The normalized spacial score (nSPS) is 12.2. The molecular formula is C11H12ClF3. The molecule has 0 fully saturated rings. The van der Waals surface area contributed by atoms with Crippen LogP contribution < -0.4 is 0 Å². The Morgan fingerprint density at radius 3 is 2.27 bits per heavy atom. The van der Waals surface area contributed by atoms with E-state index in [1.54, 1.807) is 6.07 Å². The van der Waals surface area contributed by atoms with Crippen molar-refractivity contribution in [2.75, 3.05) is 0 Å². The van der Waals surface area contributed by atoms with Gasteiger partial charge in [-0.3, -0.25) is 0 Å². The molecule has 0 radical (unpaired) electrons. The molecule has 0 spiro atoms. The molecule has 0 saturated carbocycles.